The molecule has 0 aliphatic carbocycles. The molecule has 6 heteroatoms. The van der Waals surface area contributed by atoms with Gasteiger partial charge < -0.3 is 19.5 Å². The Morgan fingerprint density at radius 1 is 1.29 bits per heavy atom. The second-order valence-corrected chi connectivity index (χ2v) is 6.52. The molecular formula is C18H21NO4S. The van der Waals surface area contributed by atoms with E-state index in [1.807, 2.05) is 30.3 Å². The molecule has 1 aromatic heterocycles. The fourth-order valence-electron chi connectivity index (χ4n) is 2.52. The number of carbonyl (C=O) groups excluding carboxylic acids is 1. The van der Waals surface area contributed by atoms with Crippen LogP contribution < -0.4 is 10.1 Å². The van der Waals surface area contributed by atoms with Crippen molar-refractivity contribution in [2.75, 3.05) is 33.5 Å². The minimum absolute atomic E-state index is 0.0382. The molecule has 0 spiro atoms. The minimum Gasteiger partial charge on any atom is -0.488 e. The van der Waals surface area contributed by atoms with E-state index in [1.54, 1.807) is 7.11 Å². The number of nitrogens with one attached hydrogen (secondary N) is 1. The molecule has 3 rings (SSSR count). The van der Waals surface area contributed by atoms with Crippen molar-refractivity contribution in [3.63, 3.8) is 0 Å². The van der Waals surface area contributed by atoms with E-state index < -0.39 is 0 Å². The van der Waals surface area contributed by atoms with Crippen LogP contribution >= 0.6 is 11.3 Å². The lowest BCUT2D eigenvalue weighted by Crippen LogP contribution is -2.24. The molecule has 0 saturated heterocycles. The number of amides is 1. The summed E-state index contributed by atoms with van der Waals surface area (Å²) in [5.41, 5.74) is 2.14. The Morgan fingerprint density at radius 2 is 2.17 bits per heavy atom. The predicted octanol–water partition coefficient (Wildman–Crippen LogP) is 3.09. The molecule has 0 unspecified atom stereocenters. The summed E-state index contributed by atoms with van der Waals surface area (Å²) in [6.45, 7) is 2.91. The van der Waals surface area contributed by atoms with Gasteiger partial charge in [0.25, 0.3) is 5.91 Å². The highest BCUT2D eigenvalue weighted by Gasteiger charge is 2.22. The SMILES string of the molecule is COCCOCCCNC(=O)c1cc2c(s1)-c1ccccc1OC2. The fraction of sp³-hybridized carbons (Fsp3) is 0.389. The molecule has 1 aliphatic rings. The molecule has 1 aliphatic heterocycles. The highest BCUT2D eigenvalue weighted by atomic mass is 32.1. The van der Waals surface area contributed by atoms with Gasteiger partial charge in [-0.2, -0.15) is 0 Å². The largest absolute Gasteiger partial charge is 0.488 e. The van der Waals surface area contributed by atoms with E-state index >= 15 is 0 Å². The standard InChI is InChI=1S/C18H21NO4S/c1-21-9-10-22-8-4-7-19-18(20)16-11-13-12-23-15-6-3-2-5-14(15)17(13)24-16/h2-3,5-6,11H,4,7-10,12H2,1H3,(H,19,20). The summed E-state index contributed by atoms with van der Waals surface area (Å²) in [6.07, 6.45) is 0.784. The highest BCUT2D eigenvalue weighted by Crippen LogP contribution is 2.42. The number of hydrogen-bond donors (Lipinski definition) is 1. The number of fused-ring (bicyclic) bond motifs is 3. The van der Waals surface area contributed by atoms with Crippen LogP contribution in [0.3, 0.4) is 0 Å². The number of para-hydroxylation sites is 1. The molecule has 0 saturated carbocycles. The van der Waals surface area contributed by atoms with Gasteiger partial charge in [0.15, 0.2) is 0 Å². The monoisotopic (exact) mass is 347 g/mol. The molecule has 24 heavy (non-hydrogen) atoms. The lowest BCUT2D eigenvalue weighted by Gasteiger charge is -2.16. The summed E-state index contributed by atoms with van der Waals surface area (Å²) in [4.78, 5) is 14.2. The molecule has 5 nitrogen and oxygen atoms in total. The van der Waals surface area contributed by atoms with Crippen molar-refractivity contribution in [1.82, 2.24) is 5.32 Å². The zero-order valence-corrected chi connectivity index (χ0v) is 14.5. The summed E-state index contributed by atoms with van der Waals surface area (Å²) < 4.78 is 16.0. The Kier molecular flexibility index (Phi) is 5.85. The summed E-state index contributed by atoms with van der Waals surface area (Å²) >= 11 is 1.52. The minimum atomic E-state index is -0.0382. The van der Waals surface area contributed by atoms with Gasteiger partial charge in [0.05, 0.1) is 18.1 Å². The van der Waals surface area contributed by atoms with Gasteiger partial charge in [-0.1, -0.05) is 12.1 Å². The predicted molar refractivity (Wildman–Crippen MR) is 93.7 cm³/mol. The second kappa shape index (κ2) is 8.28. The molecule has 128 valence electrons. The Hall–Kier alpha value is -1.89. The number of thiophene rings is 1. The Labute approximate surface area is 145 Å². The van der Waals surface area contributed by atoms with Gasteiger partial charge in [-0.25, -0.2) is 0 Å². The van der Waals surface area contributed by atoms with Crippen molar-refractivity contribution in [3.8, 4) is 16.2 Å². The third-order valence-electron chi connectivity index (χ3n) is 3.73. The van der Waals surface area contributed by atoms with Gasteiger partial charge in [0.2, 0.25) is 0 Å². The quantitative estimate of drug-likeness (QED) is 0.746. The first-order chi connectivity index (χ1) is 11.8. The van der Waals surface area contributed by atoms with E-state index in [1.165, 1.54) is 11.3 Å². The number of benzene rings is 1. The Bertz CT molecular complexity index is 698. The number of hydrogen-bond acceptors (Lipinski definition) is 5. The zero-order valence-electron chi connectivity index (χ0n) is 13.7. The number of carbonyl (C=O) groups is 1. The van der Waals surface area contributed by atoms with Crippen molar-refractivity contribution in [3.05, 3.63) is 40.8 Å². The van der Waals surface area contributed by atoms with Crippen LogP contribution in [0.4, 0.5) is 0 Å². The molecule has 1 aromatic carbocycles. The van der Waals surface area contributed by atoms with Gasteiger partial charge in [-0.3, -0.25) is 4.79 Å². The summed E-state index contributed by atoms with van der Waals surface area (Å²) in [5, 5.41) is 2.94. The van der Waals surface area contributed by atoms with Crippen molar-refractivity contribution >= 4 is 17.2 Å². The van der Waals surface area contributed by atoms with Gasteiger partial charge in [-0.05, 0) is 24.6 Å². The summed E-state index contributed by atoms with van der Waals surface area (Å²) in [5.74, 6) is 0.843. The van der Waals surface area contributed by atoms with Crippen LogP contribution in [0.1, 0.15) is 21.7 Å². The normalized spacial score (nSPS) is 12.2. The average Bonchev–Trinajstić information content (AvgIpc) is 3.05. The first kappa shape index (κ1) is 17.0. The molecular weight excluding hydrogens is 326 g/mol. The summed E-state index contributed by atoms with van der Waals surface area (Å²) in [7, 11) is 1.65. The third kappa shape index (κ3) is 3.95. The van der Waals surface area contributed by atoms with Crippen LogP contribution in [-0.4, -0.2) is 39.4 Å². The van der Waals surface area contributed by atoms with Crippen molar-refractivity contribution in [1.29, 1.82) is 0 Å². The maximum Gasteiger partial charge on any atom is 0.261 e. The van der Waals surface area contributed by atoms with E-state index in [4.69, 9.17) is 14.2 Å². The first-order valence-corrected chi connectivity index (χ1v) is 8.81. The maximum atomic E-state index is 12.3. The van der Waals surface area contributed by atoms with Crippen LogP contribution in [0.15, 0.2) is 30.3 Å². The van der Waals surface area contributed by atoms with Gasteiger partial charge in [0, 0.05) is 36.3 Å². The van der Waals surface area contributed by atoms with Crippen LogP contribution in [0, 0.1) is 0 Å². The van der Waals surface area contributed by atoms with E-state index in [9.17, 15) is 4.79 Å². The van der Waals surface area contributed by atoms with Crippen molar-refractivity contribution in [2.24, 2.45) is 0 Å². The lowest BCUT2D eigenvalue weighted by molar-refractivity contribution is 0.0688. The highest BCUT2D eigenvalue weighted by molar-refractivity contribution is 7.17. The molecule has 0 atom stereocenters. The molecule has 1 N–H and O–H groups in total. The van der Waals surface area contributed by atoms with E-state index in [-0.39, 0.29) is 5.91 Å². The first-order valence-electron chi connectivity index (χ1n) is 7.99. The number of ether oxygens (including phenoxy) is 3. The Balaban J connectivity index is 1.53. The van der Waals surface area contributed by atoms with Gasteiger partial charge >= 0.3 is 0 Å². The zero-order chi connectivity index (χ0) is 16.8. The number of rotatable bonds is 8. The Morgan fingerprint density at radius 3 is 3.04 bits per heavy atom. The van der Waals surface area contributed by atoms with Crippen LogP contribution in [0.25, 0.3) is 10.4 Å². The van der Waals surface area contributed by atoms with E-state index in [0.717, 1.165) is 33.1 Å². The summed E-state index contributed by atoms with van der Waals surface area (Å²) in [6, 6.07) is 9.87. The van der Waals surface area contributed by atoms with Crippen molar-refractivity contribution < 1.29 is 19.0 Å². The smallest absolute Gasteiger partial charge is 0.261 e. The molecule has 0 fully saturated rings. The van der Waals surface area contributed by atoms with Gasteiger partial charge in [-0.15, -0.1) is 11.3 Å². The topological polar surface area (TPSA) is 56.8 Å². The van der Waals surface area contributed by atoms with E-state index in [2.05, 4.69) is 5.32 Å². The molecule has 2 aromatic rings. The second-order valence-electron chi connectivity index (χ2n) is 5.46. The molecule has 2 heterocycles. The van der Waals surface area contributed by atoms with Crippen LogP contribution in [0.5, 0.6) is 5.75 Å². The third-order valence-corrected chi connectivity index (χ3v) is 4.94. The van der Waals surface area contributed by atoms with Gasteiger partial charge in [0.1, 0.15) is 12.4 Å². The molecule has 1 amide bonds. The van der Waals surface area contributed by atoms with Crippen molar-refractivity contribution in [2.45, 2.75) is 13.0 Å². The van der Waals surface area contributed by atoms with E-state index in [0.29, 0.717) is 33.0 Å². The average molecular weight is 347 g/mol. The maximum absolute atomic E-state index is 12.3. The molecule has 0 radical (unpaired) electrons. The lowest BCUT2D eigenvalue weighted by atomic mass is 10.1. The number of methoxy groups -OCH3 is 1. The fourth-order valence-corrected chi connectivity index (χ4v) is 3.63. The molecule has 0 bridgehead atoms. The van der Waals surface area contributed by atoms with Crippen LogP contribution in [0.2, 0.25) is 0 Å². The van der Waals surface area contributed by atoms with Crippen LogP contribution in [-0.2, 0) is 16.1 Å².